The number of nitrogens with one attached hydrogen (secondary N) is 2. The third-order valence-electron chi connectivity index (χ3n) is 3.40. The molecule has 1 saturated heterocycles. The zero-order valence-electron chi connectivity index (χ0n) is 12.6. The van der Waals surface area contributed by atoms with Crippen LogP contribution < -0.4 is 16.4 Å². The summed E-state index contributed by atoms with van der Waals surface area (Å²) >= 11 is 0. The molecule has 4 N–H and O–H groups in total. The van der Waals surface area contributed by atoms with Crippen molar-refractivity contribution in [2.45, 2.75) is 32.6 Å². The van der Waals surface area contributed by atoms with E-state index >= 15 is 0 Å². The number of rotatable bonds is 7. The Bertz CT molecular complexity index is 473. The number of nitrogens with two attached hydrogens (primary N) is 1. The molecule has 2 rings (SSSR count). The SMILES string of the molecule is CCCNc1cc(NCCC(=O)N2CCCC2)nc(N)n1. The summed E-state index contributed by atoms with van der Waals surface area (Å²) in [6.45, 7) is 5.26. The number of amides is 1. The summed E-state index contributed by atoms with van der Waals surface area (Å²) in [6.07, 6.45) is 3.72. The molecule has 21 heavy (non-hydrogen) atoms. The lowest BCUT2D eigenvalue weighted by molar-refractivity contribution is -0.129. The van der Waals surface area contributed by atoms with Crippen LogP contribution in [-0.2, 0) is 4.79 Å². The van der Waals surface area contributed by atoms with Gasteiger partial charge in [0.1, 0.15) is 11.6 Å². The van der Waals surface area contributed by atoms with Crippen molar-refractivity contribution in [3.05, 3.63) is 6.07 Å². The average molecular weight is 292 g/mol. The molecule has 0 bridgehead atoms. The highest BCUT2D eigenvalue weighted by Gasteiger charge is 2.17. The second kappa shape index (κ2) is 7.66. The molecule has 1 aromatic heterocycles. The fraction of sp³-hybridized carbons (Fsp3) is 0.643. The number of carbonyl (C=O) groups excluding carboxylic acids is 1. The van der Waals surface area contributed by atoms with Gasteiger partial charge >= 0.3 is 0 Å². The molecular formula is C14H24N6O. The van der Waals surface area contributed by atoms with E-state index in [-0.39, 0.29) is 11.9 Å². The number of aromatic nitrogens is 2. The number of nitrogen functional groups attached to an aromatic ring is 1. The number of hydrogen-bond donors (Lipinski definition) is 3. The van der Waals surface area contributed by atoms with Gasteiger partial charge in [0.2, 0.25) is 11.9 Å². The highest BCUT2D eigenvalue weighted by molar-refractivity contribution is 5.77. The van der Waals surface area contributed by atoms with Gasteiger partial charge in [-0.25, -0.2) is 0 Å². The first-order valence-electron chi connectivity index (χ1n) is 7.59. The largest absolute Gasteiger partial charge is 0.370 e. The summed E-state index contributed by atoms with van der Waals surface area (Å²) in [6, 6.07) is 1.81. The molecule has 0 saturated carbocycles. The van der Waals surface area contributed by atoms with Crippen LogP contribution in [0.1, 0.15) is 32.6 Å². The molecular weight excluding hydrogens is 268 g/mol. The molecule has 1 amide bonds. The van der Waals surface area contributed by atoms with E-state index < -0.39 is 0 Å². The molecule has 1 fully saturated rings. The van der Waals surface area contributed by atoms with E-state index in [2.05, 4.69) is 27.5 Å². The summed E-state index contributed by atoms with van der Waals surface area (Å²) in [5.74, 6) is 1.78. The number of nitrogens with zero attached hydrogens (tertiary/aromatic N) is 3. The van der Waals surface area contributed by atoms with Crippen molar-refractivity contribution < 1.29 is 4.79 Å². The average Bonchev–Trinajstić information content (AvgIpc) is 2.99. The molecule has 116 valence electrons. The lowest BCUT2D eigenvalue weighted by atomic mass is 10.3. The molecule has 0 atom stereocenters. The fourth-order valence-corrected chi connectivity index (χ4v) is 2.32. The van der Waals surface area contributed by atoms with E-state index in [0.717, 1.165) is 38.9 Å². The van der Waals surface area contributed by atoms with Gasteiger partial charge in [0.05, 0.1) is 0 Å². The molecule has 7 nitrogen and oxygen atoms in total. The molecule has 1 aliphatic rings. The van der Waals surface area contributed by atoms with Gasteiger partial charge in [0.15, 0.2) is 0 Å². The minimum Gasteiger partial charge on any atom is -0.370 e. The lowest BCUT2D eigenvalue weighted by Crippen LogP contribution is -2.29. The van der Waals surface area contributed by atoms with E-state index in [9.17, 15) is 4.79 Å². The van der Waals surface area contributed by atoms with E-state index in [0.29, 0.717) is 24.6 Å². The number of hydrogen-bond acceptors (Lipinski definition) is 6. The normalized spacial score (nSPS) is 14.2. The standard InChI is InChI=1S/C14H24N6O/c1-2-6-16-11-10-12(19-14(15)18-11)17-7-5-13(21)20-8-3-4-9-20/h10H,2-9H2,1H3,(H4,15,16,17,18,19). The van der Waals surface area contributed by atoms with Crippen molar-refractivity contribution >= 4 is 23.5 Å². The van der Waals surface area contributed by atoms with Gasteiger partial charge in [-0.2, -0.15) is 9.97 Å². The van der Waals surface area contributed by atoms with Gasteiger partial charge in [-0.05, 0) is 19.3 Å². The number of likely N-dealkylation sites (tertiary alicyclic amines) is 1. The Morgan fingerprint density at radius 2 is 1.86 bits per heavy atom. The maximum absolute atomic E-state index is 11.9. The molecule has 2 heterocycles. The summed E-state index contributed by atoms with van der Waals surface area (Å²) in [7, 11) is 0. The number of anilines is 3. The summed E-state index contributed by atoms with van der Waals surface area (Å²) < 4.78 is 0. The Morgan fingerprint density at radius 1 is 1.24 bits per heavy atom. The van der Waals surface area contributed by atoms with E-state index in [1.165, 1.54) is 0 Å². The Hall–Kier alpha value is -2.05. The monoisotopic (exact) mass is 292 g/mol. The van der Waals surface area contributed by atoms with Crippen molar-refractivity contribution in [1.29, 1.82) is 0 Å². The maximum atomic E-state index is 11.9. The lowest BCUT2D eigenvalue weighted by Gasteiger charge is -2.15. The minimum atomic E-state index is 0.200. The van der Waals surface area contributed by atoms with Crippen LogP contribution in [0.4, 0.5) is 17.6 Å². The summed E-state index contributed by atoms with van der Waals surface area (Å²) in [5.41, 5.74) is 5.68. The first kappa shape index (κ1) is 15.3. The molecule has 0 radical (unpaired) electrons. The zero-order valence-corrected chi connectivity index (χ0v) is 12.6. The minimum absolute atomic E-state index is 0.200. The Balaban J connectivity index is 1.81. The van der Waals surface area contributed by atoms with Gasteiger partial charge in [0, 0.05) is 38.7 Å². The van der Waals surface area contributed by atoms with Gasteiger partial charge in [-0.3, -0.25) is 4.79 Å². The van der Waals surface area contributed by atoms with Crippen LogP contribution in [0.5, 0.6) is 0 Å². The molecule has 7 heteroatoms. The highest BCUT2D eigenvalue weighted by Crippen LogP contribution is 2.13. The predicted octanol–water partition coefficient (Wildman–Crippen LogP) is 1.31. The Kier molecular flexibility index (Phi) is 5.59. The third kappa shape index (κ3) is 4.77. The number of carbonyl (C=O) groups is 1. The van der Waals surface area contributed by atoms with Crippen LogP contribution in [0.25, 0.3) is 0 Å². The van der Waals surface area contributed by atoms with E-state index in [1.807, 2.05) is 11.0 Å². The molecule has 0 aromatic carbocycles. The molecule has 0 unspecified atom stereocenters. The molecule has 0 aliphatic carbocycles. The van der Waals surface area contributed by atoms with Crippen molar-refractivity contribution in [2.24, 2.45) is 0 Å². The van der Waals surface area contributed by atoms with Crippen molar-refractivity contribution in [2.75, 3.05) is 42.5 Å². The highest BCUT2D eigenvalue weighted by atomic mass is 16.2. The quantitative estimate of drug-likeness (QED) is 0.701. The van der Waals surface area contributed by atoms with Gasteiger partial charge in [-0.1, -0.05) is 6.92 Å². The molecule has 0 spiro atoms. The van der Waals surface area contributed by atoms with E-state index in [4.69, 9.17) is 5.73 Å². The zero-order chi connectivity index (χ0) is 15.1. The van der Waals surface area contributed by atoms with Crippen molar-refractivity contribution in [3.8, 4) is 0 Å². The topological polar surface area (TPSA) is 96.2 Å². The first-order chi connectivity index (χ1) is 10.2. The van der Waals surface area contributed by atoms with Crippen LogP contribution in [0.15, 0.2) is 6.07 Å². The van der Waals surface area contributed by atoms with Crippen LogP contribution >= 0.6 is 0 Å². The van der Waals surface area contributed by atoms with Gasteiger partial charge in [0.25, 0.3) is 0 Å². The van der Waals surface area contributed by atoms with E-state index in [1.54, 1.807) is 0 Å². The Morgan fingerprint density at radius 3 is 2.48 bits per heavy atom. The van der Waals surface area contributed by atoms with Gasteiger partial charge in [-0.15, -0.1) is 0 Å². The second-order valence-electron chi connectivity index (χ2n) is 5.19. The predicted molar refractivity (Wildman–Crippen MR) is 84.1 cm³/mol. The summed E-state index contributed by atoms with van der Waals surface area (Å²) in [5, 5.41) is 6.31. The first-order valence-corrected chi connectivity index (χ1v) is 7.59. The van der Waals surface area contributed by atoms with Crippen molar-refractivity contribution in [1.82, 2.24) is 14.9 Å². The maximum Gasteiger partial charge on any atom is 0.224 e. The smallest absolute Gasteiger partial charge is 0.224 e. The third-order valence-corrected chi connectivity index (χ3v) is 3.40. The van der Waals surface area contributed by atoms with Crippen molar-refractivity contribution in [3.63, 3.8) is 0 Å². The second-order valence-corrected chi connectivity index (χ2v) is 5.19. The van der Waals surface area contributed by atoms with Crippen LogP contribution in [0, 0.1) is 0 Å². The molecule has 1 aliphatic heterocycles. The van der Waals surface area contributed by atoms with Crippen LogP contribution in [0.2, 0.25) is 0 Å². The fourth-order valence-electron chi connectivity index (χ4n) is 2.32. The van der Waals surface area contributed by atoms with Crippen LogP contribution in [0.3, 0.4) is 0 Å². The Labute approximate surface area is 125 Å². The van der Waals surface area contributed by atoms with Crippen LogP contribution in [-0.4, -0.2) is 47.0 Å². The summed E-state index contributed by atoms with van der Waals surface area (Å²) in [4.78, 5) is 22.1. The molecule has 1 aromatic rings. The van der Waals surface area contributed by atoms with Gasteiger partial charge < -0.3 is 21.3 Å².